The summed E-state index contributed by atoms with van der Waals surface area (Å²) in [4.78, 5) is 28.8. The van der Waals surface area contributed by atoms with Crippen LogP contribution in [-0.2, 0) is 22.6 Å². The molecule has 0 saturated carbocycles. The smallest absolute Gasteiger partial charge is 0.261 e. The molecule has 3 aromatic carbocycles. The summed E-state index contributed by atoms with van der Waals surface area (Å²) in [5, 5.41) is 3.48. The Balaban J connectivity index is 1.93. The van der Waals surface area contributed by atoms with Crippen LogP contribution >= 0.6 is 27.5 Å². The molecule has 7 heteroatoms. The van der Waals surface area contributed by atoms with Gasteiger partial charge in [0.25, 0.3) is 5.91 Å². The maximum Gasteiger partial charge on any atom is 0.261 e. The van der Waals surface area contributed by atoms with E-state index in [2.05, 4.69) is 21.2 Å². The van der Waals surface area contributed by atoms with Crippen molar-refractivity contribution in [1.82, 2.24) is 10.2 Å². The molecule has 2 amide bonds. The molecule has 5 nitrogen and oxygen atoms in total. The molecule has 3 aromatic rings. The minimum absolute atomic E-state index is 0.0102. The second-order valence-corrected chi connectivity index (χ2v) is 10.2. The first-order valence-electron chi connectivity index (χ1n) is 12.0. The van der Waals surface area contributed by atoms with Crippen molar-refractivity contribution in [3.05, 3.63) is 99.0 Å². The Hall–Kier alpha value is -2.83. The van der Waals surface area contributed by atoms with E-state index in [1.807, 2.05) is 75.4 Å². The zero-order valence-corrected chi connectivity index (χ0v) is 23.2. The average Bonchev–Trinajstić information content (AvgIpc) is 2.87. The average molecular weight is 572 g/mol. The summed E-state index contributed by atoms with van der Waals surface area (Å²) >= 11 is 9.67. The summed E-state index contributed by atoms with van der Waals surface area (Å²) in [5.41, 5.74) is 3.00. The number of rotatable bonds is 11. The van der Waals surface area contributed by atoms with Gasteiger partial charge in [0.2, 0.25) is 5.91 Å². The molecular weight excluding hydrogens is 540 g/mol. The molecule has 3 rings (SSSR count). The minimum atomic E-state index is -0.711. The van der Waals surface area contributed by atoms with E-state index in [0.717, 1.165) is 27.6 Å². The second-order valence-electron chi connectivity index (χ2n) is 8.83. The number of benzene rings is 3. The number of aryl methyl sites for hydroxylation is 1. The van der Waals surface area contributed by atoms with Crippen molar-refractivity contribution in [2.24, 2.45) is 0 Å². The third-order valence-electron chi connectivity index (χ3n) is 6.12. The molecule has 0 bridgehead atoms. The van der Waals surface area contributed by atoms with Crippen molar-refractivity contribution in [2.75, 3.05) is 6.61 Å². The first kappa shape index (κ1) is 27.8. The van der Waals surface area contributed by atoms with Crippen molar-refractivity contribution in [1.29, 1.82) is 0 Å². The van der Waals surface area contributed by atoms with E-state index in [-0.39, 0.29) is 31.0 Å². The van der Waals surface area contributed by atoms with Crippen LogP contribution in [0.15, 0.2) is 77.3 Å². The van der Waals surface area contributed by atoms with Crippen LogP contribution in [0, 0.1) is 6.92 Å². The van der Waals surface area contributed by atoms with Gasteiger partial charge in [0.05, 0.1) is 5.02 Å². The van der Waals surface area contributed by atoms with Crippen LogP contribution in [0.1, 0.15) is 37.0 Å². The standard InChI is InChI=1S/C29H32BrClN2O3/c1-4-21(3)32-29(35)26(16-22-11-6-5-7-12-22)33(18-23-13-9-8-10-20(23)2)28(34)19-36-27-15-14-24(30)17-25(27)31/h5-15,17,21,26H,4,16,18-19H2,1-3H3,(H,32,35). The molecule has 0 radical (unpaired) electrons. The maximum atomic E-state index is 13.7. The number of carbonyl (C=O) groups is 2. The van der Waals surface area contributed by atoms with Crippen LogP contribution in [0.5, 0.6) is 5.75 Å². The normalized spacial score (nSPS) is 12.5. The lowest BCUT2D eigenvalue weighted by atomic mass is 10.0. The van der Waals surface area contributed by atoms with Crippen molar-refractivity contribution < 1.29 is 14.3 Å². The van der Waals surface area contributed by atoms with E-state index in [0.29, 0.717) is 17.2 Å². The number of hydrogen-bond donors (Lipinski definition) is 1. The highest BCUT2D eigenvalue weighted by molar-refractivity contribution is 9.10. The largest absolute Gasteiger partial charge is 0.482 e. The van der Waals surface area contributed by atoms with Gasteiger partial charge in [-0.05, 0) is 55.2 Å². The topological polar surface area (TPSA) is 58.6 Å². The van der Waals surface area contributed by atoms with Gasteiger partial charge in [-0.2, -0.15) is 0 Å². The van der Waals surface area contributed by atoms with E-state index in [1.165, 1.54) is 0 Å². The quantitative estimate of drug-likeness (QED) is 0.292. The van der Waals surface area contributed by atoms with Crippen molar-refractivity contribution >= 4 is 39.3 Å². The van der Waals surface area contributed by atoms with Crippen LogP contribution in [0.3, 0.4) is 0 Å². The molecule has 0 fully saturated rings. The predicted octanol–water partition coefficient (Wildman–Crippen LogP) is 6.34. The molecule has 190 valence electrons. The molecule has 0 saturated heterocycles. The van der Waals surface area contributed by atoms with Gasteiger partial charge in [-0.1, -0.05) is 89.1 Å². The van der Waals surface area contributed by atoms with Gasteiger partial charge in [-0.15, -0.1) is 0 Å². The Morgan fingerprint density at radius 1 is 1.06 bits per heavy atom. The third-order valence-corrected chi connectivity index (χ3v) is 6.91. The molecule has 2 unspecified atom stereocenters. The number of halogens is 2. The summed E-state index contributed by atoms with van der Waals surface area (Å²) in [7, 11) is 0. The zero-order chi connectivity index (χ0) is 26.1. The van der Waals surface area contributed by atoms with E-state index >= 15 is 0 Å². The number of carbonyl (C=O) groups excluding carboxylic acids is 2. The fourth-order valence-corrected chi connectivity index (χ4v) is 4.51. The van der Waals surface area contributed by atoms with Crippen molar-refractivity contribution in [3.8, 4) is 5.75 Å². The van der Waals surface area contributed by atoms with E-state index in [9.17, 15) is 9.59 Å². The Morgan fingerprint density at radius 3 is 2.42 bits per heavy atom. The third kappa shape index (κ3) is 7.84. The molecule has 0 heterocycles. The lowest BCUT2D eigenvalue weighted by molar-refractivity contribution is -0.143. The maximum absolute atomic E-state index is 13.7. The van der Waals surface area contributed by atoms with Gasteiger partial charge in [-0.3, -0.25) is 9.59 Å². The number of amides is 2. The van der Waals surface area contributed by atoms with Crippen LogP contribution in [-0.4, -0.2) is 35.4 Å². The van der Waals surface area contributed by atoms with Crippen LogP contribution in [0.25, 0.3) is 0 Å². The van der Waals surface area contributed by atoms with Crippen molar-refractivity contribution in [2.45, 2.75) is 52.2 Å². The van der Waals surface area contributed by atoms with Gasteiger partial charge >= 0.3 is 0 Å². The Morgan fingerprint density at radius 2 is 1.75 bits per heavy atom. The predicted molar refractivity (Wildman–Crippen MR) is 148 cm³/mol. The molecule has 0 aromatic heterocycles. The van der Waals surface area contributed by atoms with Crippen LogP contribution in [0.2, 0.25) is 5.02 Å². The fraction of sp³-hybridized carbons (Fsp3) is 0.310. The highest BCUT2D eigenvalue weighted by Gasteiger charge is 2.31. The first-order valence-corrected chi connectivity index (χ1v) is 13.2. The molecule has 0 aliphatic heterocycles. The summed E-state index contributed by atoms with van der Waals surface area (Å²) in [6.07, 6.45) is 1.18. The van der Waals surface area contributed by atoms with Gasteiger partial charge in [-0.25, -0.2) is 0 Å². The number of hydrogen-bond acceptors (Lipinski definition) is 3. The molecule has 0 spiro atoms. The van der Waals surface area contributed by atoms with Gasteiger partial charge < -0.3 is 15.0 Å². The Labute approximate surface area is 226 Å². The van der Waals surface area contributed by atoms with E-state index < -0.39 is 6.04 Å². The Bertz CT molecular complexity index is 1170. The number of ether oxygens (including phenoxy) is 1. The highest BCUT2D eigenvalue weighted by atomic mass is 79.9. The number of nitrogens with one attached hydrogen (secondary N) is 1. The van der Waals surface area contributed by atoms with Crippen LogP contribution < -0.4 is 10.1 Å². The van der Waals surface area contributed by atoms with E-state index in [1.54, 1.807) is 23.1 Å². The zero-order valence-electron chi connectivity index (χ0n) is 20.8. The minimum Gasteiger partial charge on any atom is -0.482 e. The summed E-state index contributed by atoms with van der Waals surface area (Å²) in [6.45, 7) is 6.03. The Kier molecular flexibility index (Phi) is 10.4. The molecule has 36 heavy (non-hydrogen) atoms. The SMILES string of the molecule is CCC(C)NC(=O)C(Cc1ccccc1)N(Cc1ccccc1C)C(=O)COc1ccc(Br)cc1Cl. The molecule has 1 N–H and O–H groups in total. The molecular formula is C29H32BrClN2O3. The summed E-state index contributed by atoms with van der Waals surface area (Å²) in [5.74, 6) is -0.0676. The summed E-state index contributed by atoms with van der Waals surface area (Å²) < 4.78 is 6.63. The lowest BCUT2D eigenvalue weighted by Gasteiger charge is -2.32. The number of nitrogens with zero attached hydrogens (tertiary/aromatic N) is 1. The molecule has 0 aliphatic carbocycles. The molecule has 0 aliphatic rings. The summed E-state index contributed by atoms with van der Waals surface area (Å²) in [6, 6.07) is 22.1. The van der Waals surface area contributed by atoms with Gasteiger partial charge in [0.1, 0.15) is 11.8 Å². The van der Waals surface area contributed by atoms with Crippen molar-refractivity contribution in [3.63, 3.8) is 0 Å². The van der Waals surface area contributed by atoms with Crippen LogP contribution in [0.4, 0.5) is 0 Å². The van der Waals surface area contributed by atoms with E-state index in [4.69, 9.17) is 16.3 Å². The van der Waals surface area contributed by atoms with Gasteiger partial charge in [0, 0.05) is 23.5 Å². The fourth-order valence-electron chi connectivity index (χ4n) is 3.78. The monoisotopic (exact) mass is 570 g/mol. The highest BCUT2D eigenvalue weighted by Crippen LogP contribution is 2.28. The molecule has 2 atom stereocenters. The first-order chi connectivity index (χ1) is 17.3. The second kappa shape index (κ2) is 13.5. The van der Waals surface area contributed by atoms with Gasteiger partial charge in [0.15, 0.2) is 6.61 Å². The lowest BCUT2D eigenvalue weighted by Crippen LogP contribution is -2.53.